The number of carbonyl (C=O) groups excluding carboxylic acids is 1. The van der Waals surface area contributed by atoms with Gasteiger partial charge in [-0.1, -0.05) is 17.7 Å². The lowest BCUT2D eigenvalue weighted by molar-refractivity contribution is -0.138. The minimum atomic E-state index is -0.405. The Morgan fingerprint density at radius 3 is 3.00 bits per heavy atom. The molecule has 1 heterocycles. The fourth-order valence-electron chi connectivity index (χ4n) is 2.25. The minimum Gasteiger partial charge on any atom is -0.375 e. The molecule has 0 aliphatic carbocycles. The Bertz CT molecular complexity index is 478. The second-order valence-electron chi connectivity index (χ2n) is 4.90. The third-order valence-electron chi connectivity index (χ3n) is 3.42. The van der Waals surface area contributed by atoms with E-state index in [9.17, 15) is 9.18 Å². The molecule has 1 N–H and O–H groups in total. The molecule has 1 aliphatic rings. The van der Waals surface area contributed by atoms with Crippen molar-refractivity contribution in [1.82, 2.24) is 10.2 Å². The van der Waals surface area contributed by atoms with Crippen LogP contribution in [0.4, 0.5) is 4.39 Å². The SMILES string of the molecule is C[C@H]1OCCN[C@@H]1C(=O)N(C)Cc1c(F)cccc1Cl. The first kappa shape index (κ1) is 15.2. The number of rotatable bonds is 3. The predicted molar refractivity (Wildman–Crippen MR) is 75.1 cm³/mol. The van der Waals surface area contributed by atoms with Crippen LogP contribution in [0.3, 0.4) is 0 Å². The van der Waals surface area contributed by atoms with Crippen LogP contribution in [0.5, 0.6) is 0 Å². The fourth-order valence-corrected chi connectivity index (χ4v) is 2.47. The third kappa shape index (κ3) is 3.29. The monoisotopic (exact) mass is 300 g/mol. The van der Waals surface area contributed by atoms with Crippen LogP contribution in [-0.4, -0.2) is 43.2 Å². The summed E-state index contributed by atoms with van der Waals surface area (Å²) >= 11 is 5.97. The molecule has 20 heavy (non-hydrogen) atoms. The van der Waals surface area contributed by atoms with Crippen molar-refractivity contribution >= 4 is 17.5 Å². The Morgan fingerprint density at radius 2 is 2.35 bits per heavy atom. The molecule has 0 unspecified atom stereocenters. The smallest absolute Gasteiger partial charge is 0.242 e. The topological polar surface area (TPSA) is 41.6 Å². The van der Waals surface area contributed by atoms with E-state index in [-0.39, 0.29) is 18.6 Å². The Morgan fingerprint density at radius 1 is 1.60 bits per heavy atom. The molecule has 2 atom stereocenters. The van der Waals surface area contributed by atoms with Gasteiger partial charge in [0.15, 0.2) is 0 Å². The van der Waals surface area contributed by atoms with Gasteiger partial charge < -0.3 is 15.0 Å². The van der Waals surface area contributed by atoms with E-state index in [1.165, 1.54) is 11.0 Å². The zero-order valence-corrected chi connectivity index (χ0v) is 12.3. The molecule has 1 fully saturated rings. The van der Waals surface area contributed by atoms with Crippen molar-refractivity contribution in [3.8, 4) is 0 Å². The van der Waals surface area contributed by atoms with Gasteiger partial charge in [-0.3, -0.25) is 4.79 Å². The van der Waals surface area contributed by atoms with E-state index in [1.807, 2.05) is 6.92 Å². The molecule has 0 aromatic heterocycles. The quantitative estimate of drug-likeness (QED) is 0.926. The van der Waals surface area contributed by atoms with Gasteiger partial charge in [-0.05, 0) is 19.1 Å². The van der Waals surface area contributed by atoms with Gasteiger partial charge in [0.2, 0.25) is 5.91 Å². The van der Waals surface area contributed by atoms with Gasteiger partial charge in [0, 0.05) is 30.7 Å². The molecule has 0 spiro atoms. The Kier molecular flexibility index (Phi) is 4.96. The highest BCUT2D eigenvalue weighted by molar-refractivity contribution is 6.31. The van der Waals surface area contributed by atoms with Crippen molar-refractivity contribution < 1.29 is 13.9 Å². The summed E-state index contributed by atoms with van der Waals surface area (Å²) in [6.45, 7) is 3.21. The molecular formula is C14H18ClFN2O2. The van der Waals surface area contributed by atoms with Gasteiger partial charge in [-0.25, -0.2) is 4.39 Å². The van der Waals surface area contributed by atoms with E-state index in [0.717, 1.165) is 0 Å². The minimum absolute atomic E-state index is 0.128. The van der Waals surface area contributed by atoms with Crippen LogP contribution in [0, 0.1) is 5.82 Å². The summed E-state index contributed by atoms with van der Waals surface area (Å²) in [5, 5.41) is 3.45. The molecule has 0 radical (unpaired) electrons. The number of morpholine rings is 1. The third-order valence-corrected chi connectivity index (χ3v) is 3.77. The summed E-state index contributed by atoms with van der Waals surface area (Å²) in [6, 6.07) is 4.09. The maximum atomic E-state index is 13.7. The van der Waals surface area contributed by atoms with E-state index in [2.05, 4.69) is 5.32 Å². The van der Waals surface area contributed by atoms with Crippen LogP contribution in [-0.2, 0) is 16.1 Å². The molecule has 0 bridgehead atoms. The van der Waals surface area contributed by atoms with Crippen LogP contribution < -0.4 is 5.32 Å². The average Bonchev–Trinajstić information content (AvgIpc) is 2.42. The van der Waals surface area contributed by atoms with E-state index in [4.69, 9.17) is 16.3 Å². The van der Waals surface area contributed by atoms with Crippen LogP contribution in [0.15, 0.2) is 18.2 Å². The molecule has 1 aromatic rings. The lowest BCUT2D eigenvalue weighted by Crippen LogP contribution is -2.55. The second-order valence-corrected chi connectivity index (χ2v) is 5.31. The van der Waals surface area contributed by atoms with Crippen molar-refractivity contribution in [3.63, 3.8) is 0 Å². The molecule has 2 rings (SSSR count). The largest absolute Gasteiger partial charge is 0.375 e. The molecule has 1 aromatic carbocycles. The van der Waals surface area contributed by atoms with Crippen LogP contribution in [0.2, 0.25) is 5.02 Å². The maximum absolute atomic E-state index is 13.7. The molecule has 0 saturated carbocycles. The number of benzene rings is 1. The zero-order valence-electron chi connectivity index (χ0n) is 11.5. The molecule has 1 aliphatic heterocycles. The molecule has 6 heteroatoms. The van der Waals surface area contributed by atoms with Gasteiger partial charge in [-0.2, -0.15) is 0 Å². The molecular weight excluding hydrogens is 283 g/mol. The number of ether oxygens (including phenoxy) is 1. The van der Waals surface area contributed by atoms with Gasteiger partial charge in [0.05, 0.1) is 12.7 Å². The van der Waals surface area contributed by atoms with E-state index >= 15 is 0 Å². The van der Waals surface area contributed by atoms with Gasteiger partial charge in [0.1, 0.15) is 11.9 Å². The number of nitrogens with one attached hydrogen (secondary N) is 1. The summed E-state index contributed by atoms with van der Waals surface area (Å²) in [5.74, 6) is -0.533. The number of amides is 1. The number of carbonyl (C=O) groups is 1. The highest BCUT2D eigenvalue weighted by Crippen LogP contribution is 2.21. The number of halogens is 2. The van der Waals surface area contributed by atoms with Crippen LogP contribution >= 0.6 is 11.6 Å². The molecule has 4 nitrogen and oxygen atoms in total. The number of hydrogen-bond donors (Lipinski definition) is 1. The van der Waals surface area contributed by atoms with Crippen LogP contribution in [0.1, 0.15) is 12.5 Å². The summed E-state index contributed by atoms with van der Waals surface area (Å²) in [5.41, 5.74) is 0.328. The summed E-state index contributed by atoms with van der Waals surface area (Å²) in [7, 11) is 1.63. The van der Waals surface area contributed by atoms with Crippen molar-refractivity contribution in [2.24, 2.45) is 0 Å². The zero-order chi connectivity index (χ0) is 14.7. The highest BCUT2D eigenvalue weighted by atomic mass is 35.5. The first-order valence-corrected chi connectivity index (χ1v) is 6.91. The lowest BCUT2D eigenvalue weighted by Gasteiger charge is -2.32. The predicted octanol–water partition coefficient (Wildman–Crippen LogP) is 1.81. The van der Waals surface area contributed by atoms with Crippen molar-refractivity contribution in [1.29, 1.82) is 0 Å². The number of nitrogens with zero attached hydrogens (tertiary/aromatic N) is 1. The first-order chi connectivity index (χ1) is 9.50. The number of likely N-dealkylation sites (N-methyl/N-ethyl adjacent to an activating group) is 1. The maximum Gasteiger partial charge on any atom is 0.242 e. The summed E-state index contributed by atoms with van der Waals surface area (Å²) < 4.78 is 19.2. The molecule has 110 valence electrons. The van der Waals surface area contributed by atoms with Gasteiger partial charge in [-0.15, -0.1) is 0 Å². The molecule has 1 amide bonds. The van der Waals surface area contributed by atoms with Gasteiger partial charge in [0.25, 0.3) is 0 Å². The average molecular weight is 301 g/mol. The molecule has 1 saturated heterocycles. The van der Waals surface area contributed by atoms with Crippen molar-refractivity contribution in [2.45, 2.75) is 25.6 Å². The van der Waals surface area contributed by atoms with E-state index in [0.29, 0.717) is 23.7 Å². The normalized spacial score (nSPS) is 22.6. The van der Waals surface area contributed by atoms with Crippen LogP contribution in [0.25, 0.3) is 0 Å². The Balaban J connectivity index is 2.07. The summed E-state index contributed by atoms with van der Waals surface area (Å²) in [6.07, 6.45) is -0.199. The Hall–Kier alpha value is -1.17. The van der Waals surface area contributed by atoms with Crippen molar-refractivity contribution in [3.05, 3.63) is 34.6 Å². The summed E-state index contributed by atoms with van der Waals surface area (Å²) in [4.78, 5) is 13.8. The first-order valence-electron chi connectivity index (χ1n) is 6.53. The van der Waals surface area contributed by atoms with Gasteiger partial charge >= 0.3 is 0 Å². The second kappa shape index (κ2) is 6.52. The standard InChI is InChI=1S/C14H18ClFN2O2/c1-9-13(17-6-7-20-9)14(19)18(2)8-10-11(15)4-3-5-12(10)16/h3-5,9,13,17H,6-8H2,1-2H3/t9-,13+/m1/s1. The highest BCUT2D eigenvalue weighted by Gasteiger charge is 2.30. The fraction of sp³-hybridized carbons (Fsp3) is 0.500. The van der Waals surface area contributed by atoms with E-state index in [1.54, 1.807) is 19.2 Å². The number of hydrogen-bond acceptors (Lipinski definition) is 3. The van der Waals surface area contributed by atoms with E-state index < -0.39 is 11.9 Å². The van der Waals surface area contributed by atoms with Crippen molar-refractivity contribution in [2.75, 3.05) is 20.2 Å². The Labute approximate surface area is 122 Å². The lowest BCUT2D eigenvalue weighted by atomic mass is 10.1.